The predicted molar refractivity (Wildman–Crippen MR) is 102 cm³/mol. The Labute approximate surface area is 154 Å². The number of H-pyrrole nitrogens is 1. The quantitative estimate of drug-likeness (QED) is 0.479. The highest BCUT2D eigenvalue weighted by molar-refractivity contribution is 6.07. The van der Waals surface area contributed by atoms with Gasteiger partial charge in [0.25, 0.3) is 11.8 Å². The van der Waals surface area contributed by atoms with Crippen LogP contribution in [0.4, 0.5) is 0 Å². The summed E-state index contributed by atoms with van der Waals surface area (Å²) in [4.78, 5) is 36.7. The molecule has 3 N–H and O–H groups in total. The monoisotopic (exact) mass is 359 g/mol. The zero-order chi connectivity index (χ0) is 19.0. The van der Waals surface area contributed by atoms with Gasteiger partial charge in [-0.15, -0.1) is 0 Å². The molecular weight excluding hydrogens is 342 g/mol. The van der Waals surface area contributed by atoms with Gasteiger partial charge in [-0.25, -0.2) is 9.97 Å². The summed E-state index contributed by atoms with van der Waals surface area (Å²) < 4.78 is 0. The third-order valence-corrected chi connectivity index (χ3v) is 4.46. The summed E-state index contributed by atoms with van der Waals surface area (Å²) in [7, 11) is 0. The summed E-state index contributed by atoms with van der Waals surface area (Å²) in [6.07, 6.45) is 1.61. The number of aryl methyl sites for hydroxylation is 2. The van der Waals surface area contributed by atoms with Crippen LogP contribution in [0, 0.1) is 13.8 Å². The zero-order valence-electron chi connectivity index (χ0n) is 14.8. The van der Waals surface area contributed by atoms with Crippen molar-refractivity contribution < 1.29 is 9.59 Å². The van der Waals surface area contributed by atoms with Crippen molar-refractivity contribution in [3.63, 3.8) is 0 Å². The fourth-order valence-electron chi connectivity index (χ4n) is 2.88. The Balaban J connectivity index is 1.51. The summed E-state index contributed by atoms with van der Waals surface area (Å²) in [6, 6.07) is 12.5. The first-order chi connectivity index (χ1) is 13.0. The van der Waals surface area contributed by atoms with E-state index in [-0.39, 0.29) is 0 Å². The average Bonchev–Trinajstić information content (AvgIpc) is 3.10. The number of nitrogens with zero attached hydrogens (tertiary/aromatic N) is 2. The zero-order valence-corrected chi connectivity index (χ0v) is 14.8. The number of rotatable bonds is 2. The number of hydrazine groups is 1. The second-order valence-electron chi connectivity index (χ2n) is 6.25. The van der Waals surface area contributed by atoms with Crippen molar-refractivity contribution in [1.82, 2.24) is 25.8 Å². The van der Waals surface area contributed by atoms with E-state index in [1.807, 2.05) is 38.1 Å². The lowest BCUT2D eigenvalue weighted by molar-refractivity contribution is 0.0847. The van der Waals surface area contributed by atoms with Crippen LogP contribution in [0.25, 0.3) is 21.9 Å². The molecule has 27 heavy (non-hydrogen) atoms. The molecule has 7 heteroatoms. The molecule has 0 spiro atoms. The maximum Gasteiger partial charge on any atom is 0.271 e. The van der Waals surface area contributed by atoms with Gasteiger partial charge in [0.1, 0.15) is 0 Å². The minimum absolute atomic E-state index is 0.388. The molecule has 0 saturated heterocycles. The van der Waals surface area contributed by atoms with Crippen molar-refractivity contribution in [3.05, 3.63) is 71.2 Å². The van der Waals surface area contributed by atoms with Gasteiger partial charge in [-0.1, -0.05) is 18.2 Å². The van der Waals surface area contributed by atoms with Gasteiger partial charge in [0.2, 0.25) is 0 Å². The van der Waals surface area contributed by atoms with Crippen LogP contribution in [0.15, 0.2) is 48.7 Å². The lowest BCUT2D eigenvalue weighted by atomic mass is 10.1. The van der Waals surface area contributed by atoms with Crippen LogP contribution in [0.3, 0.4) is 0 Å². The second-order valence-corrected chi connectivity index (χ2v) is 6.25. The molecule has 0 aliphatic rings. The van der Waals surface area contributed by atoms with Crippen LogP contribution in [-0.4, -0.2) is 26.8 Å². The van der Waals surface area contributed by atoms with Crippen molar-refractivity contribution in [2.45, 2.75) is 13.8 Å². The first-order valence-electron chi connectivity index (χ1n) is 8.45. The molecule has 2 aromatic carbocycles. The van der Waals surface area contributed by atoms with Gasteiger partial charge in [0.05, 0.1) is 28.0 Å². The minimum Gasteiger partial charge on any atom is -0.360 e. The molecule has 2 aromatic heterocycles. The molecule has 0 radical (unpaired) electrons. The number of hydrogen-bond donors (Lipinski definition) is 3. The Hall–Kier alpha value is -3.74. The predicted octanol–water partition coefficient (Wildman–Crippen LogP) is 2.80. The van der Waals surface area contributed by atoms with Crippen molar-refractivity contribution >= 4 is 33.8 Å². The summed E-state index contributed by atoms with van der Waals surface area (Å²) in [5.41, 5.74) is 9.61. The maximum absolute atomic E-state index is 12.4. The van der Waals surface area contributed by atoms with Crippen molar-refractivity contribution in [2.24, 2.45) is 0 Å². The van der Waals surface area contributed by atoms with Gasteiger partial charge in [-0.2, -0.15) is 0 Å². The SMILES string of the molecule is Cc1nc2ccc(C(=O)NNC(=O)c3c[nH]c4ccccc34)cc2nc1C. The van der Waals surface area contributed by atoms with Gasteiger partial charge in [-0.05, 0) is 38.1 Å². The second kappa shape index (κ2) is 6.53. The van der Waals surface area contributed by atoms with E-state index in [0.29, 0.717) is 16.6 Å². The molecule has 4 rings (SSSR count). The van der Waals surface area contributed by atoms with E-state index >= 15 is 0 Å². The Morgan fingerprint density at radius 3 is 2.41 bits per heavy atom. The minimum atomic E-state index is -0.426. The van der Waals surface area contributed by atoms with Crippen LogP contribution < -0.4 is 10.9 Å². The summed E-state index contributed by atoms with van der Waals surface area (Å²) in [5.74, 6) is -0.821. The van der Waals surface area contributed by atoms with E-state index in [9.17, 15) is 9.59 Å². The first-order valence-corrected chi connectivity index (χ1v) is 8.45. The lowest BCUT2D eigenvalue weighted by Gasteiger charge is -2.08. The van der Waals surface area contributed by atoms with Gasteiger partial charge in [-0.3, -0.25) is 20.4 Å². The van der Waals surface area contributed by atoms with E-state index in [2.05, 4.69) is 25.8 Å². The van der Waals surface area contributed by atoms with E-state index in [1.54, 1.807) is 24.4 Å². The number of para-hydroxylation sites is 1. The number of nitrogens with one attached hydrogen (secondary N) is 3. The molecule has 0 saturated carbocycles. The number of hydrogen-bond acceptors (Lipinski definition) is 4. The highest BCUT2D eigenvalue weighted by Gasteiger charge is 2.14. The van der Waals surface area contributed by atoms with Crippen molar-refractivity contribution in [1.29, 1.82) is 0 Å². The third kappa shape index (κ3) is 3.10. The number of aromatic nitrogens is 3. The smallest absolute Gasteiger partial charge is 0.271 e. The fourth-order valence-corrected chi connectivity index (χ4v) is 2.88. The Bertz CT molecular complexity index is 1200. The van der Waals surface area contributed by atoms with E-state index in [0.717, 1.165) is 27.8 Å². The molecule has 4 aromatic rings. The van der Waals surface area contributed by atoms with E-state index < -0.39 is 11.8 Å². The highest BCUT2D eigenvalue weighted by Crippen LogP contribution is 2.17. The van der Waals surface area contributed by atoms with Crippen LogP contribution in [0.2, 0.25) is 0 Å². The van der Waals surface area contributed by atoms with Crippen LogP contribution in [0.1, 0.15) is 32.1 Å². The summed E-state index contributed by atoms with van der Waals surface area (Å²) >= 11 is 0. The van der Waals surface area contributed by atoms with Gasteiger partial charge in [0.15, 0.2) is 0 Å². The van der Waals surface area contributed by atoms with Crippen molar-refractivity contribution in [3.8, 4) is 0 Å². The molecule has 0 fully saturated rings. The van der Waals surface area contributed by atoms with Gasteiger partial charge < -0.3 is 4.98 Å². The fraction of sp³-hybridized carbons (Fsp3) is 0.100. The van der Waals surface area contributed by atoms with Crippen LogP contribution in [-0.2, 0) is 0 Å². The number of aromatic amines is 1. The van der Waals surface area contributed by atoms with Gasteiger partial charge >= 0.3 is 0 Å². The number of carbonyl (C=O) groups is 2. The standard InChI is InChI=1S/C20H17N5O2/c1-11-12(2)23-18-9-13(7-8-17(18)22-11)19(26)24-25-20(27)15-10-21-16-6-4-3-5-14(15)16/h3-10,21H,1-2H3,(H,24,26)(H,25,27). The molecule has 0 unspecified atom stereocenters. The van der Waals surface area contributed by atoms with Crippen molar-refractivity contribution in [2.75, 3.05) is 0 Å². The molecular formula is C20H17N5O2. The molecule has 0 atom stereocenters. The van der Waals surface area contributed by atoms with Gasteiger partial charge in [0, 0.05) is 22.7 Å². The maximum atomic E-state index is 12.4. The van der Waals surface area contributed by atoms with Crippen LogP contribution in [0.5, 0.6) is 0 Å². The average molecular weight is 359 g/mol. The Morgan fingerprint density at radius 2 is 1.59 bits per heavy atom. The highest BCUT2D eigenvalue weighted by atomic mass is 16.2. The number of carbonyl (C=O) groups excluding carboxylic acids is 2. The topological polar surface area (TPSA) is 99.8 Å². The molecule has 0 bridgehead atoms. The Kier molecular flexibility index (Phi) is 4.04. The number of benzene rings is 2. The molecule has 0 aliphatic heterocycles. The molecule has 7 nitrogen and oxygen atoms in total. The summed E-state index contributed by atoms with van der Waals surface area (Å²) in [5, 5.41) is 0.788. The van der Waals surface area contributed by atoms with E-state index in [1.165, 1.54) is 0 Å². The molecule has 134 valence electrons. The number of amides is 2. The molecule has 2 heterocycles. The summed E-state index contributed by atoms with van der Waals surface area (Å²) in [6.45, 7) is 3.76. The molecule has 2 amide bonds. The Morgan fingerprint density at radius 1 is 0.889 bits per heavy atom. The lowest BCUT2D eigenvalue weighted by Crippen LogP contribution is -2.41. The number of fused-ring (bicyclic) bond motifs is 2. The van der Waals surface area contributed by atoms with Crippen LogP contribution >= 0.6 is 0 Å². The third-order valence-electron chi connectivity index (χ3n) is 4.46. The molecule has 0 aliphatic carbocycles. The normalized spacial score (nSPS) is 10.9. The van der Waals surface area contributed by atoms with E-state index in [4.69, 9.17) is 0 Å². The largest absolute Gasteiger partial charge is 0.360 e. The first kappa shape index (κ1) is 16.7.